The van der Waals surface area contributed by atoms with Gasteiger partial charge in [-0.25, -0.2) is 14.6 Å². The average molecular weight is 704 g/mol. The number of anilines is 2. The molecule has 258 valence electrons. The molecular formula is C36H33ClF3N7O3. The van der Waals surface area contributed by atoms with E-state index >= 15 is 0 Å². The van der Waals surface area contributed by atoms with Crippen molar-refractivity contribution in [1.29, 1.82) is 0 Å². The minimum absolute atomic E-state index is 0.0142. The lowest BCUT2D eigenvalue weighted by Crippen LogP contribution is -2.36. The molecule has 4 heterocycles. The lowest BCUT2D eigenvalue weighted by atomic mass is 9.96. The molecule has 3 aromatic heterocycles. The third kappa shape index (κ3) is 6.15. The second-order valence-electron chi connectivity index (χ2n) is 12.6. The van der Waals surface area contributed by atoms with Crippen LogP contribution in [0.1, 0.15) is 47.7 Å². The SMILES string of the molecule is COc1nc(-c2cccc(-c3cccc(Nc4nc(C(F)(F)F)cc5cnn(C)c(=O)c45)c3C)c2Cl)cc2c1[C@@H](NC[C@H]1CCC(=O)N1)CC2. The predicted octanol–water partition coefficient (Wildman–Crippen LogP) is 6.65. The smallest absolute Gasteiger partial charge is 0.433 e. The summed E-state index contributed by atoms with van der Waals surface area (Å²) in [6.07, 6.45) is -0.491. The molecule has 3 N–H and O–H groups in total. The molecule has 2 atom stereocenters. The highest BCUT2D eigenvalue weighted by Gasteiger charge is 2.34. The number of hydrogen-bond donors (Lipinski definition) is 3. The number of carbonyl (C=O) groups excluding carboxylic acids is 1. The summed E-state index contributed by atoms with van der Waals surface area (Å²) in [6, 6.07) is 13.9. The number of methoxy groups -OCH3 is 1. The molecule has 5 aromatic rings. The molecule has 2 aliphatic rings. The number of halogens is 4. The number of fused-ring (bicyclic) bond motifs is 2. The molecule has 7 rings (SSSR count). The van der Waals surface area contributed by atoms with E-state index in [1.807, 2.05) is 37.3 Å². The van der Waals surface area contributed by atoms with E-state index in [9.17, 15) is 22.8 Å². The van der Waals surface area contributed by atoms with Crippen molar-refractivity contribution in [3.05, 3.63) is 92.5 Å². The Morgan fingerprint density at radius 3 is 2.54 bits per heavy atom. The van der Waals surface area contributed by atoms with Crippen LogP contribution in [0.15, 0.2) is 59.5 Å². The molecule has 10 nitrogen and oxygen atoms in total. The number of carbonyl (C=O) groups is 1. The molecule has 1 aliphatic carbocycles. The van der Waals surface area contributed by atoms with Crippen LogP contribution >= 0.6 is 11.6 Å². The van der Waals surface area contributed by atoms with Gasteiger partial charge in [0.25, 0.3) is 5.56 Å². The Hall–Kier alpha value is -5.01. The molecule has 1 amide bonds. The second kappa shape index (κ2) is 13.0. The van der Waals surface area contributed by atoms with Crippen molar-refractivity contribution in [3.8, 4) is 28.3 Å². The second-order valence-corrected chi connectivity index (χ2v) is 12.9. The van der Waals surface area contributed by atoms with E-state index in [0.717, 1.165) is 46.7 Å². The van der Waals surface area contributed by atoms with E-state index in [2.05, 4.69) is 26.0 Å². The van der Waals surface area contributed by atoms with Gasteiger partial charge in [0.1, 0.15) is 11.5 Å². The van der Waals surface area contributed by atoms with Gasteiger partial charge in [-0.15, -0.1) is 0 Å². The molecule has 50 heavy (non-hydrogen) atoms. The lowest BCUT2D eigenvalue weighted by Gasteiger charge is -2.20. The van der Waals surface area contributed by atoms with Gasteiger partial charge in [0, 0.05) is 59.9 Å². The number of alkyl halides is 3. The summed E-state index contributed by atoms with van der Waals surface area (Å²) in [6.45, 7) is 2.48. The molecule has 2 aromatic carbocycles. The molecule has 1 saturated heterocycles. The number of nitrogens with one attached hydrogen (secondary N) is 3. The normalized spacial score (nSPS) is 17.2. The lowest BCUT2D eigenvalue weighted by molar-refractivity contribution is -0.141. The Kier molecular flexibility index (Phi) is 8.73. The highest BCUT2D eigenvalue weighted by Crippen LogP contribution is 2.43. The van der Waals surface area contributed by atoms with Gasteiger partial charge in [-0.1, -0.05) is 41.9 Å². The largest absolute Gasteiger partial charge is 0.481 e. The van der Waals surface area contributed by atoms with Crippen molar-refractivity contribution in [2.45, 2.75) is 50.9 Å². The van der Waals surface area contributed by atoms with Crippen molar-refractivity contribution in [3.63, 3.8) is 0 Å². The molecule has 14 heteroatoms. The summed E-state index contributed by atoms with van der Waals surface area (Å²) in [5, 5.41) is 13.9. The van der Waals surface area contributed by atoms with Crippen LogP contribution in [-0.2, 0) is 24.4 Å². The number of amides is 1. The van der Waals surface area contributed by atoms with Crippen LogP contribution < -0.4 is 26.2 Å². The molecule has 1 aliphatic heterocycles. The fourth-order valence-corrected chi connectivity index (χ4v) is 7.16. The third-order valence-electron chi connectivity index (χ3n) is 9.42. The Morgan fingerprint density at radius 1 is 1.04 bits per heavy atom. The Morgan fingerprint density at radius 2 is 1.80 bits per heavy atom. The maximum atomic E-state index is 13.8. The minimum Gasteiger partial charge on any atom is -0.481 e. The first-order valence-electron chi connectivity index (χ1n) is 16.1. The fourth-order valence-electron chi connectivity index (χ4n) is 6.84. The highest BCUT2D eigenvalue weighted by atomic mass is 35.5. The molecular weight excluding hydrogens is 671 g/mol. The molecule has 0 unspecified atom stereocenters. The Bertz CT molecular complexity index is 2220. The molecule has 0 saturated carbocycles. The number of rotatable bonds is 8. The van der Waals surface area contributed by atoms with E-state index in [1.54, 1.807) is 19.2 Å². The van der Waals surface area contributed by atoms with Gasteiger partial charge in [0.05, 0.1) is 29.4 Å². The van der Waals surface area contributed by atoms with E-state index < -0.39 is 17.4 Å². The number of hydrogen-bond acceptors (Lipinski definition) is 8. The van der Waals surface area contributed by atoms with Crippen LogP contribution in [0.4, 0.5) is 24.7 Å². The van der Waals surface area contributed by atoms with Gasteiger partial charge in [-0.05, 0) is 61.1 Å². The van der Waals surface area contributed by atoms with E-state index in [4.69, 9.17) is 21.3 Å². The van der Waals surface area contributed by atoms with Gasteiger partial charge < -0.3 is 20.7 Å². The van der Waals surface area contributed by atoms with Crippen molar-refractivity contribution >= 4 is 39.8 Å². The van der Waals surface area contributed by atoms with Crippen molar-refractivity contribution in [2.24, 2.45) is 7.05 Å². The summed E-state index contributed by atoms with van der Waals surface area (Å²) >= 11 is 7.12. The maximum absolute atomic E-state index is 13.8. The first-order chi connectivity index (χ1) is 23.9. The Balaban J connectivity index is 1.23. The molecule has 0 radical (unpaired) electrons. The number of benzene rings is 2. The molecule has 0 bridgehead atoms. The van der Waals surface area contributed by atoms with Gasteiger partial charge >= 0.3 is 6.18 Å². The monoisotopic (exact) mass is 703 g/mol. The topological polar surface area (TPSA) is 123 Å². The summed E-state index contributed by atoms with van der Waals surface area (Å²) in [5.41, 5.74) is 4.25. The van der Waals surface area contributed by atoms with Crippen molar-refractivity contribution < 1.29 is 22.7 Å². The molecule has 1 fully saturated rings. The number of aryl methyl sites for hydroxylation is 2. The van der Waals surface area contributed by atoms with E-state index in [-0.39, 0.29) is 34.6 Å². The van der Waals surface area contributed by atoms with Crippen LogP contribution in [0.25, 0.3) is 33.2 Å². The summed E-state index contributed by atoms with van der Waals surface area (Å²) in [4.78, 5) is 33.4. The van der Waals surface area contributed by atoms with E-state index in [1.165, 1.54) is 13.2 Å². The highest BCUT2D eigenvalue weighted by molar-refractivity contribution is 6.36. The molecule has 0 spiro atoms. The minimum atomic E-state index is -4.74. The quantitative estimate of drug-likeness (QED) is 0.164. The third-order valence-corrected chi connectivity index (χ3v) is 9.83. The number of pyridine rings is 2. The number of ether oxygens (including phenoxy) is 1. The first kappa shape index (κ1) is 33.5. The first-order valence-corrected chi connectivity index (χ1v) is 16.5. The zero-order valence-electron chi connectivity index (χ0n) is 27.4. The van der Waals surface area contributed by atoms with Gasteiger partial charge in [-0.3, -0.25) is 9.59 Å². The average Bonchev–Trinajstić information content (AvgIpc) is 3.71. The summed E-state index contributed by atoms with van der Waals surface area (Å²) in [7, 11) is 3.01. The van der Waals surface area contributed by atoms with Crippen LogP contribution in [0, 0.1) is 6.92 Å². The van der Waals surface area contributed by atoms with Crippen LogP contribution in [-0.4, -0.2) is 45.4 Å². The van der Waals surface area contributed by atoms with Gasteiger partial charge in [0.2, 0.25) is 11.8 Å². The summed E-state index contributed by atoms with van der Waals surface area (Å²) < 4.78 is 48.3. The fraction of sp³-hybridized carbons (Fsp3) is 0.306. The predicted molar refractivity (Wildman–Crippen MR) is 185 cm³/mol. The summed E-state index contributed by atoms with van der Waals surface area (Å²) in [5.74, 6) is 0.359. The van der Waals surface area contributed by atoms with Crippen LogP contribution in [0.3, 0.4) is 0 Å². The number of nitrogens with zero attached hydrogens (tertiary/aromatic N) is 4. The zero-order valence-corrected chi connectivity index (χ0v) is 28.2. The standard InChI is InChI=1S/C36H33ClF3N7O3/c1-18-22(6-5-9-25(18)44-33-31-20(16-42-47(2)35(31)49)15-28(46-33)36(38,39)40)23-7-4-8-24(32(23)37)27-14-19-10-12-26(30(19)34(45-27)50-3)41-17-21-11-13-29(48)43-21/h4-9,14-16,21,26,41H,10-13,17H2,1-3H3,(H,43,48)(H,44,46)/t21-,26+/m1/s1. The van der Waals surface area contributed by atoms with Crippen LogP contribution in [0.2, 0.25) is 5.02 Å². The van der Waals surface area contributed by atoms with Crippen molar-refractivity contribution in [1.82, 2.24) is 30.4 Å². The van der Waals surface area contributed by atoms with E-state index in [0.29, 0.717) is 51.9 Å². The maximum Gasteiger partial charge on any atom is 0.433 e. The van der Waals surface area contributed by atoms with Crippen LogP contribution in [0.5, 0.6) is 5.88 Å². The van der Waals surface area contributed by atoms with Gasteiger partial charge in [-0.2, -0.15) is 18.3 Å². The van der Waals surface area contributed by atoms with Gasteiger partial charge in [0.15, 0.2) is 0 Å². The number of aromatic nitrogens is 4. The van der Waals surface area contributed by atoms with Crippen molar-refractivity contribution in [2.75, 3.05) is 19.0 Å². The zero-order chi connectivity index (χ0) is 35.3. The Labute approximate surface area is 290 Å².